The molecule has 0 fully saturated rings. The predicted molar refractivity (Wildman–Crippen MR) is 148 cm³/mol. The van der Waals surface area contributed by atoms with Gasteiger partial charge in [-0.25, -0.2) is 9.78 Å². The Hall–Kier alpha value is -3.59. The van der Waals surface area contributed by atoms with E-state index in [9.17, 15) is 4.79 Å². The molecule has 0 aliphatic carbocycles. The maximum Gasteiger partial charge on any atom is 0.361 e. The van der Waals surface area contributed by atoms with E-state index in [2.05, 4.69) is 104 Å². The molecule has 0 bridgehead atoms. The van der Waals surface area contributed by atoms with Crippen LogP contribution in [0.1, 0.15) is 16.1 Å². The molecule has 0 N–H and O–H groups in total. The normalized spacial score (nSPS) is 11.3. The van der Waals surface area contributed by atoms with Gasteiger partial charge in [0, 0.05) is 5.56 Å². The van der Waals surface area contributed by atoms with E-state index in [4.69, 9.17) is 9.72 Å². The maximum absolute atomic E-state index is 13.2. The third-order valence-corrected chi connectivity index (χ3v) is 12.1. The van der Waals surface area contributed by atoms with Crippen molar-refractivity contribution in [3.63, 3.8) is 0 Å². The highest BCUT2D eigenvalue weighted by atomic mass is 32.1. The van der Waals surface area contributed by atoms with E-state index in [0.717, 1.165) is 15.2 Å². The van der Waals surface area contributed by atoms with Crippen LogP contribution in [0.25, 0.3) is 10.6 Å². The van der Waals surface area contributed by atoms with Gasteiger partial charge >= 0.3 is 5.97 Å². The number of hydrogen-bond donors (Lipinski definition) is 0. The summed E-state index contributed by atoms with van der Waals surface area (Å²) in [6.45, 7) is 2.06. The Morgan fingerprint density at radius 1 is 0.714 bits per heavy atom. The van der Waals surface area contributed by atoms with Crippen molar-refractivity contribution in [2.24, 2.45) is 0 Å². The molecule has 0 amide bonds. The topological polar surface area (TPSA) is 39.2 Å². The van der Waals surface area contributed by atoms with Gasteiger partial charge in [0.25, 0.3) is 0 Å². The van der Waals surface area contributed by atoms with Crippen LogP contribution in [0, 0.1) is 6.92 Å². The lowest BCUT2D eigenvalue weighted by molar-refractivity contribution is 0.0596. The highest BCUT2D eigenvalue weighted by molar-refractivity contribution is 8.04. The molecule has 0 saturated heterocycles. The van der Waals surface area contributed by atoms with Crippen molar-refractivity contribution in [2.75, 3.05) is 7.11 Å². The first-order valence-corrected chi connectivity index (χ1v) is 14.0. The van der Waals surface area contributed by atoms with E-state index in [1.807, 2.05) is 18.2 Å². The monoisotopic (exact) mass is 494 g/mol. The van der Waals surface area contributed by atoms with E-state index >= 15 is 0 Å². The molecule has 1 aromatic heterocycles. The van der Waals surface area contributed by atoms with Crippen molar-refractivity contribution >= 4 is 45.1 Å². The molecule has 0 spiro atoms. The van der Waals surface area contributed by atoms with Crippen molar-refractivity contribution < 1.29 is 9.53 Å². The first-order chi connectivity index (χ1) is 17.1. The van der Waals surface area contributed by atoms with E-state index < -0.39 is 13.2 Å². The fourth-order valence-electron chi connectivity index (χ4n) is 4.34. The molecule has 0 aliphatic heterocycles. The molecule has 0 saturated carbocycles. The quantitative estimate of drug-likeness (QED) is 0.230. The predicted octanol–water partition coefficient (Wildman–Crippen LogP) is 5.52. The molecule has 0 radical (unpaired) electrons. The van der Waals surface area contributed by atoms with Crippen molar-refractivity contribution in [3.8, 4) is 10.6 Å². The van der Waals surface area contributed by atoms with Gasteiger partial charge in [-0.2, -0.15) is 0 Å². The Balaban J connectivity index is 1.91. The van der Waals surface area contributed by atoms with Crippen molar-refractivity contribution in [1.82, 2.24) is 4.98 Å². The van der Waals surface area contributed by atoms with Crippen LogP contribution in [0.4, 0.5) is 0 Å². The molecule has 0 aliphatic rings. The second kappa shape index (κ2) is 9.95. The smallest absolute Gasteiger partial charge is 0.361 e. The summed E-state index contributed by atoms with van der Waals surface area (Å²) in [5.41, 5.74) is 2.56. The van der Waals surface area contributed by atoms with Crippen molar-refractivity contribution in [2.45, 2.75) is 6.92 Å². The summed E-state index contributed by atoms with van der Waals surface area (Å²) in [6.07, 6.45) is 0. The van der Waals surface area contributed by atoms with Gasteiger partial charge in [0.15, 0.2) is 11.9 Å². The van der Waals surface area contributed by atoms with Gasteiger partial charge < -0.3 is 4.74 Å². The van der Waals surface area contributed by atoms with E-state index in [0.29, 0.717) is 5.69 Å². The summed E-state index contributed by atoms with van der Waals surface area (Å²) in [7, 11) is -1.04. The van der Waals surface area contributed by atoms with Gasteiger partial charge in [-0.3, -0.25) is 0 Å². The summed E-state index contributed by atoms with van der Waals surface area (Å²) in [6, 6.07) is 39.7. The zero-order valence-electron chi connectivity index (χ0n) is 19.6. The zero-order valence-corrected chi connectivity index (χ0v) is 21.3. The number of esters is 1. The maximum atomic E-state index is 13.2. The van der Waals surface area contributed by atoms with E-state index in [1.165, 1.54) is 28.6 Å². The Morgan fingerprint density at radius 2 is 1.17 bits per heavy atom. The highest BCUT2D eigenvalue weighted by Gasteiger charge is 2.52. The average molecular weight is 495 g/mol. The summed E-state index contributed by atoms with van der Waals surface area (Å²) in [5.74, 6) is -0.415. The number of carbonyl (C=O) groups excluding carboxylic acids is 1. The van der Waals surface area contributed by atoms with Crippen molar-refractivity contribution in [1.29, 1.82) is 0 Å². The fraction of sp³-hybridized carbons (Fsp3) is 0.0667. The largest absolute Gasteiger partial charge is 0.464 e. The Morgan fingerprint density at radius 3 is 1.60 bits per heavy atom. The second-order valence-corrected chi connectivity index (χ2v) is 12.8. The van der Waals surface area contributed by atoms with E-state index in [-0.39, 0.29) is 0 Å². The Bertz CT molecular complexity index is 1340. The molecule has 0 atom stereocenters. The standard InChI is InChI=1S/C30H25NO2PS/c1-22-18-20-23(21-19-22)28-31-27(29(32)33-2)30(35-28)34(24-12-6-3-7-13-24,25-14-8-4-9-15-25)26-16-10-5-11-17-26/h3-21H,1-2H3/q+1. The van der Waals surface area contributed by atoms with Crippen molar-refractivity contribution in [3.05, 3.63) is 127 Å². The summed E-state index contributed by atoms with van der Waals surface area (Å²) in [5, 5.41) is 4.32. The average Bonchev–Trinajstić information content (AvgIpc) is 3.37. The summed E-state index contributed by atoms with van der Waals surface area (Å²) >= 11 is 1.59. The molecule has 1 heterocycles. The van der Waals surface area contributed by atoms with Crippen LogP contribution in [0.3, 0.4) is 0 Å². The fourth-order valence-corrected chi connectivity index (χ4v) is 10.8. The third kappa shape index (κ3) is 4.20. The van der Waals surface area contributed by atoms with Crippen LogP contribution in [0.2, 0.25) is 0 Å². The molecular weight excluding hydrogens is 469 g/mol. The lowest BCUT2D eigenvalue weighted by Gasteiger charge is -2.26. The highest BCUT2D eigenvalue weighted by Crippen LogP contribution is 2.56. The van der Waals surface area contributed by atoms with Gasteiger partial charge in [-0.1, -0.05) is 95.8 Å². The molecule has 5 aromatic rings. The van der Waals surface area contributed by atoms with E-state index in [1.54, 1.807) is 11.3 Å². The minimum absolute atomic E-state index is 0.387. The van der Waals surface area contributed by atoms with Gasteiger partial charge in [0.05, 0.1) is 7.11 Å². The van der Waals surface area contributed by atoms with Crippen LogP contribution in [0.15, 0.2) is 115 Å². The lowest BCUT2D eigenvalue weighted by atomic mass is 10.2. The summed E-state index contributed by atoms with van der Waals surface area (Å²) in [4.78, 5) is 18.1. The molecular formula is C30H25NO2PS+. The number of benzene rings is 4. The molecule has 172 valence electrons. The molecule has 35 heavy (non-hydrogen) atoms. The number of thiazole rings is 1. The number of carbonyl (C=O) groups is 1. The Kier molecular flexibility index (Phi) is 6.59. The molecule has 3 nitrogen and oxygen atoms in total. The first kappa shape index (κ1) is 23.2. The summed E-state index contributed by atoms with van der Waals surface area (Å²) < 4.78 is 6.22. The van der Waals surface area contributed by atoms with Crippen LogP contribution in [0.5, 0.6) is 0 Å². The molecule has 4 aromatic carbocycles. The number of methoxy groups -OCH3 is 1. The van der Waals surface area contributed by atoms with Crippen LogP contribution in [-0.4, -0.2) is 18.1 Å². The van der Waals surface area contributed by atoms with Gasteiger partial charge in [0.1, 0.15) is 20.9 Å². The van der Waals surface area contributed by atoms with Crippen LogP contribution in [-0.2, 0) is 4.74 Å². The SMILES string of the molecule is COC(=O)c1nc(-c2ccc(C)cc2)sc1[P+](c1ccccc1)(c1ccccc1)c1ccccc1. The van der Waals surface area contributed by atoms with Crippen LogP contribution < -0.4 is 20.5 Å². The molecule has 5 heteroatoms. The third-order valence-electron chi connectivity index (χ3n) is 6.02. The number of nitrogens with zero attached hydrogens (tertiary/aromatic N) is 1. The lowest BCUT2D eigenvalue weighted by Crippen LogP contribution is -2.39. The zero-order chi connectivity index (χ0) is 24.3. The van der Waals surface area contributed by atoms with Gasteiger partial charge in [-0.05, 0) is 43.3 Å². The number of ether oxygens (including phenoxy) is 1. The number of hydrogen-bond acceptors (Lipinski definition) is 4. The number of rotatable bonds is 6. The number of aromatic nitrogens is 1. The molecule has 0 unspecified atom stereocenters. The Labute approximate surface area is 210 Å². The number of aryl methyl sites for hydroxylation is 1. The first-order valence-electron chi connectivity index (χ1n) is 11.4. The minimum atomic E-state index is -2.46. The minimum Gasteiger partial charge on any atom is -0.464 e. The van der Waals surface area contributed by atoms with Gasteiger partial charge in [-0.15, -0.1) is 0 Å². The second-order valence-electron chi connectivity index (χ2n) is 8.21. The molecule has 5 rings (SSSR count). The van der Waals surface area contributed by atoms with Gasteiger partial charge in [0.2, 0.25) is 5.69 Å². The van der Waals surface area contributed by atoms with Crippen LogP contribution >= 0.6 is 18.6 Å².